The van der Waals surface area contributed by atoms with Gasteiger partial charge in [0.2, 0.25) is 5.91 Å². The number of hydrogen-bond acceptors (Lipinski definition) is 5. The molecule has 0 radical (unpaired) electrons. The molecule has 40 heavy (non-hydrogen) atoms. The van der Waals surface area contributed by atoms with Crippen molar-refractivity contribution in [1.82, 2.24) is 14.9 Å². The molecule has 1 aliphatic rings. The Morgan fingerprint density at radius 3 is 2.48 bits per heavy atom. The van der Waals surface area contributed by atoms with Crippen LogP contribution >= 0.6 is 23.8 Å². The van der Waals surface area contributed by atoms with Gasteiger partial charge < -0.3 is 29.6 Å². The van der Waals surface area contributed by atoms with Crippen molar-refractivity contribution in [1.29, 1.82) is 0 Å². The Labute approximate surface area is 243 Å². The van der Waals surface area contributed by atoms with Crippen LogP contribution in [0.3, 0.4) is 0 Å². The quantitative estimate of drug-likeness (QED) is 0.250. The maximum atomic E-state index is 11.9. The lowest BCUT2D eigenvalue weighted by Crippen LogP contribution is -2.29. The van der Waals surface area contributed by atoms with Gasteiger partial charge in [-0.15, -0.1) is 0 Å². The minimum atomic E-state index is -0.258. The van der Waals surface area contributed by atoms with Crippen molar-refractivity contribution >= 4 is 46.2 Å². The highest BCUT2D eigenvalue weighted by Gasteiger charge is 2.42. The second-order valence-electron chi connectivity index (χ2n) is 9.54. The van der Waals surface area contributed by atoms with E-state index in [4.69, 9.17) is 33.3 Å². The van der Waals surface area contributed by atoms with Crippen molar-refractivity contribution in [3.63, 3.8) is 0 Å². The molecule has 3 heterocycles. The number of anilines is 2. The zero-order valence-electron chi connectivity index (χ0n) is 22.9. The number of carbonyl (C=O) groups is 1. The van der Waals surface area contributed by atoms with Crippen LogP contribution < -0.4 is 25.0 Å². The van der Waals surface area contributed by atoms with Gasteiger partial charge in [0.05, 0.1) is 43.4 Å². The van der Waals surface area contributed by atoms with E-state index in [2.05, 4.69) is 45.0 Å². The predicted molar refractivity (Wildman–Crippen MR) is 162 cm³/mol. The second kappa shape index (κ2) is 11.2. The minimum absolute atomic E-state index is 0.195. The molecule has 5 rings (SSSR count). The van der Waals surface area contributed by atoms with Crippen molar-refractivity contribution in [3.8, 4) is 17.2 Å². The molecular weight excluding hydrogens is 546 g/mol. The number of nitrogens with one attached hydrogen (secondary N) is 2. The number of carbonyl (C=O) groups excluding carboxylic acids is 1. The van der Waals surface area contributed by atoms with Gasteiger partial charge in [0.25, 0.3) is 0 Å². The number of aromatic nitrogens is 2. The van der Waals surface area contributed by atoms with Crippen LogP contribution in [0, 0.1) is 13.8 Å². The molecule has 0 aliphatic carbocycles. The maximum Gasteiger partial charge on any atom is 0.221 e. The van der Waals surface area contributed by atoms with Crippen LogP contribution in [0.25, 0.3) is 5.69 Å². The zero-order chi connectivity index (χ0) is 28.6. The Kier molecular flexibility index (Phi) is 7.69. The lowest BCUT2D eigenvalue weighted by atomic mass is 9.96. The van der Waals surface area contributed by atoms with Gasteiger partial charge >= 0.3 is 0 Å². The number of nitrogens with zero attached hydrogens (tertiary/aromatic N) is 3. The number of thiocarbonyl (C=S) groups is 1. The number of halogens is 1. The molecule has 10 heteroatoms. The van der Waals surface area contributed by atoms with Gasteiger partial charge in [-0.05, 0) is 86.2 Å². The first-order chi connectivity index (χ1) is 19.2. The van der Waals surface area contributed by atoms with E-state index in [1.54, 1.807) is 20.4 Å². The number of pyridine rings is 1. The van der Waals surface area contributed by atoms with Gasteiger partial charge in [-0.25, -0.2) is 0 Å². The average molecular weight is 576 g/mol. The summed E-state index contributed by atoms with van der Waals surface area (Å²) in [5.41, 5.74) is 6.15. The Hall–Kier alpha value is -4.08. The Morgan fingerprint density at radius 2 is 1.80 bits per heavy atom. The normalized spacial score (nSPS) is 16.6. The summed E-state index contributed by atoms with van der Waals surface area (Å²) in [4.78, 5) is 18.7. The SMILES string of the molecule is COc1ccc(N2C(=S)N[C@H](c3ccccn3)[C@@H]2c2cc(C)n(-c3cc(Cl)ccc3OC)c2C)cc1NC(C)=O. The fraction of sp³-hybridized carbons (Fsp3) is 0.233. The molecule has 1 amide bonds. The van der Waals surface area contributed by atoms with Crippen LogP contribution in [-0.4, -0.2) is 34.8 Å². The molecule has 0 spiro atoms. The van der Waals surface area contributed by atoms with Crippen molar-refractivity contribution in [2.75, 3.05) is 24.4 Å². The van der Waals surface area contributed by atoms with Crippen molar-refractivity contribution in [2.24, 2.45) is 0 Å². The summed E-state index contributed by atoms with van der Waals surface area (Å²) in [5.74, 6) is 1.08. The highest BCUT2D eigenvalue weighted by molar-refractivity contribution is 7.80. The summed E-state index contributed by atoms with van der Waals surface area (Å²) in [5, 5.41) is 7.53. The molecule has 2 aromatic carbocycles. The molecule has 0 unspecified atom stereocenters. The number of rotatable bonds is 7. The predicted octanol–water partition coefficient (Wildman–Crippen LogP) is 6.30. The smallest absolute Gasteiger partial charge is 0.221 e. The zero-order valence-corrected chi connectivity index (χ0v) is 24.4. The van der Waals surface area contributed by atoms with Crippen LogP contribution in [-0.2, 0) is 4.79 Å². The average Bonchev–Trinajstić information content (AvgIpc) is 3.43. The number of benzene rings is 2. The Morgan fingerprint density at radius 1 is 1.05 bits per heavy atom. The first-order valence-electron chi connectivity index (χ1n) is 12.7. The standard InChI is InChI=1S/C30H30ClN5O3S/c1-17-14-22(18(2)35(17)25-15-20(31)9-11-27(25)39-5)29-28(23-8-6-7-13-32-23)34-30(40)36(29)21-10-12-26(38-4)24(16-21)33-19(3)37/h6-16,28-29H,1-5H3,(H,33,37)(H,34,40)/t28-,29+/m1/s1. The van der Waals surface area contributed by atoms with E-state index < -0.39 is 0 Å². The van der Waals surface area contributed by atoms with E-state index in [0.717, 1.165) is 34.0 Å². The van der Waals surface area contributed by atoms with Gasteiger partial charge in [-0.1, -0.05) is 17.7 Å². The number of aryl methyl sites for hydroxylation is 1. The van der Waals surface area contributed by atoms with Crippen LogP contribution in [0.2, 0.25) is 5.02 Å². The van der Waals surface area contributed by atoms with Gasteiger partial charge in [0.1, 0.15) is 11.5 Å². The molecule has 1 aliphatic heterocycles. The summed E-state index contributed by atoms with van der Waals surface area (Å²) >= 11 is 12.3. The lowest BCUT2D eigenvalue weighted by Gasteiger charge is -2.29. The molecule has 2 N–H and O–H groups in total. The van der Waals surface area contributed by atoms with Crippen LogP contribution in [0.1, 0.15) is 41.7 Å². The second-order valence-corrected chi connectivity index (χ2v) is 10.4. The van der Waals surface area contributed by atoms with Gasteiger partial charge in [-0.2, -0.15) is 0 Å². The molecule has 8 nitrogen and oxygen atoms in total. The molecule has 1 saturated heterocycles. The first kappa shape index (κ1) is 27.5. The molecule has 1 fully saturated rings. The first-order valence-corrected chi connectivity index (χ1v) is 13.5. The van der Waals surface area contributed by atoms with E-state index >= 15 is 0 Å². The van der Waals surface area contributed by atoms with Crippen LogP contribution in [0.15, 0.2) is 66.9 Å². The van der Waals surface area contributed by atoms with Gasteiger partial charge in [-0.3, -0.25) is 9.78 Å². The van der Waals surface area contributed by atoms with E-state index in [1.165, 1.54) is 6.92 Å². The molecule has 2 aromatic heterocycles. The van der Waals surface area contributed by atoms with E-state index in [1.807, 2.05) is 54.6 Å². The number of hydrogen-bond donors (Lipinski definition) is 2. The fourth-order valence-electron chi connectivity index (χ4n) is 5.38. The maximum absolute atomic E-state index is 11.9. The molecule has 0 bridgehead atoms. The molecule has 0 saturated carbocycles. The monoisotopic (exact) mass is 575 g/mol. The highest BCUT2D eigenvalue weighted by atomic mass is 35.5. The summed E-state index contributed by atoms with van der Waals surface area (Å²) in [6.07, 6.45) is 1.78. The van der Waals surface area contributed by atoms with E-state index in [9.17, 15) is 4.79 Å². The van der Waals surface area contributed by atoms with Crippen LogP contribution in [0.4, 0.5) is 11.4 Å². The molecule has 206 valence electrons. The number of amides is 1. The third-order valence-corrected chi connectivity index (χ3v) is 7.59. The highest BCUT2D eigenvalue weighted by Crippen LogP contribution is 2.45. The summed E-state index contributed by atoms with van der Waals surface area (Å²) in [6.45, 7) is 5.60. The third kappa shape index (κ3) is 4.98. The van der Waals surface area contributed by atoms with E-state index in [0.29, 0.717) is 27.3 Å². The lowest BCUT2D eigenvalue weighted by molar-refractivity contribution is -0.114. The summed E-state index contributed by atoms with van der Waals surface area (Å²) < 4.78 is 13.3. The fourth-order valence-corrected chi connectivity index (χ4v) is 5.89. The van der Waals surface area contributed by atoms with Crippen molar-refractivity contribution in [2.45, 2.75) is 32.9 Å². The number of methoxy groups -OCH3 is 2. The summed E-state index contributed by atoms with van der Waals surface area (Å²) in [7, 11) is 3.22. The molecule has 2 atom stereocenters. The molecular formula is C30H30ClN5O3S. The number of ether oxygens (including phenoxy) is 2. The van der Waals surface area contributed by atoms with Gasteiger partial charge in [0, 0.05) is 35.2 Å². The topological polar surface area (TPSA) is 80.7 Å². The van der Waals surface area contributed by atoms with Crippen molar-refractivity contribution in [3.05, 3.63) is 94.5 Å². The van der Waals surface area contributed by atoms with E-state index in [-0.39, 0.29) is 18.0 Å². The van der Waals surface area contributed by atoms with Crippen LogP contribution in [0.5, 0.6) is 11.5 Å². The van der Waals surface area contributed by atoms with Crippen molar-refractivity contribution < 1.29 is 14.3 Å². The largest absolute Gasteiger partial charge is 0.495 e. The summed E-state index contributed by atoms with van der Waals surface area (Å²) in [6, 6.07) is 18.7. The third-order valence-electron chi connectivity index (χ3n) is 7.04. The Balaban J connectivity index is 1.70. The van der Waals surface area contributed by atoms with Gasteiger partial charge in [0.15, 0.2) is 5.11 Å². The Bertz CT molecular complexity index is 1590. The minimum Gasteiger partial charge on any atom is -0.495 e. The molecule has 4 aromatic rings.